The van der Waals surface area contributed by atoms with Crippen molar-refractivity contribution in [2.24, 2.45) is 7.05 Å². The number of aryl methyl sites for hydroxylation is 1. The van der Waals surface area contributed by atoms with Crippen LogP contribution in [0.15, 0.2) is 24.7 Å². The summed E-state index contributed by atoms with van der Waals surface area (Å²) in [5.74, 6) is 1.38. The summed E-state index contributed by atoms with van der Waals surface area (Å²) >= 11 is 0. The van der Waals surface area contributed by atoms with E-state index in [-0.39, 0.29) is 0 Å². The van der Waals surface area contributed by atoms with Crippen molar-refractivity contribution in [2.75, 3.05) is 7.11 Å². The van der Waals surface area contributed by atoms with Crippen molar-refractivity contribution in [3.05, 3.63) is 30.4 Å². The third-order valence-corrected chi connectivity index (χ3v) is 2.03. The van der Waals surface area contributed by atoms with Crippen LogP contribution in [0.5, 0.6) is 0 Å². The summed E-state index contributed by atoms with van der Waals surface area (Å²) in [6, 6.07) is 1.83. The van der Waals surface area contributed by atoms with E-state index in [9.17, 15) is 0 Å². The van der Waals surface area contributed by atoms with Crippen molar-refractivity contribution in [3.63, 3.8) is 0 Å². The van der Waals surface area contributed by atoms with E-state index in [0.717, 1.165) is 11.5 Å². The van der Waals surface area contributed by atoms with Gasteiger partial charge in [0, 0.05) is 32.7 Å². The first-order valence-electron chi connectivity index (χ1n) is 4.60. The zero-order valence-electron chi connectivity index (χ0n) is 8.71. The van der Waals surface area contributed by atoms with Gasteiger partial charge in [0.2, 0.25) is 0 Å². The van der Waals surface area contributed by atoms with Crippen molar-refractivity contribution in [3.8, 4) is 11.6 Å². The lowest BCUT2D eigenvalue weighted by atomic mass is 10.4. The number of imidazole rings is 1. The third kappa shape index (κ3) is 2.02. The molecule has 0 saturated heterocycles. The van der Waals surface area contributed by atoms with Gasteiger partial charge in [-0.2, -0.15) is 0 Å². The topological polar surface area (TPSA) is 52.8 Å². The largest absolute Gasteiger partial charge is 0.378 e. The van der Waals surface area contributed by atoms with E-state index < -0.39 is 0 Å². The maximum Gasteiger partial charge on any atom is 0.196 e. The van der Waals surface area contributed by atoms with Crippen LogP contribution in [0, 0.1) is 0 Å². The molecule has 2 aromatic heterocycles. The van der Waals surface area contributed by atoms with Crippen LogP contribution in [0.2, 0.25) is 0 Å². The van der Waals surface area contributed by atoms with E-state index in [0.29, 0.717) is 12.4 Å². The van der Waals surface area contributed by atoms with Crippen LogP contribution in [0.25, 0.3) is 11.6 Å². The van der Waals surface area contributed by atoms with Crippen molar-refractivity contribution in [1.82, 2.24) is 19.5 Å². The maximum atomic E-state index is 5.01. The Labute approximate surface area is 87.8 Å². The molecule has 0 unspecified atom stereocenters. The molecule has 0 bridgehead atoms. The van der Waals surface area contributed by atoms with Crippen LogP contribution in [0.1, 0.15) is 5.69 Å². The van der Waals surface area contributed by atoms with E-state index in [1.807, 2.05) is 23.9 Å². The molecule has 0 aliphatic rings. The summed E-state index contributed by atoms with van der Waals surface area (Å²) in [7, 11) is 3.55. The minimum atomic E-state index is 0.486. The fraction of sp³-hybridized carbons (Fsp3) is 0.300. The minimum absolute atomic E-state index is 0.486. The molecule has 0 fully saturated rings. The lowest BCUT2D eigenvalue weighted by molar-refractivity contribution is 0.181. The highest BCUT2D eigenvalue weighted by Crippen LogP contribution is 2.10. The van der Waals surface area contributed by atoms with Gasteiger partial charge in [-0.05, 0) is 6.07 Å². The molecule has 15 heavy (non-hydrogen) atoms. The molecule has 0 aromatic carbocycles. The van der Waals surface area contributed by atoms with E-state index >= 15 is 0 Å². The summed E-state index contributed by atoms with van der Waals surface area (Å²) in [5.41, 5.74) is 0.852. The SMILES string of the molecule is COCc1ccnc(-c2nccn2C)n1. The normalized spacial score (nSPS) is 10.5. The first-order chi connectivity index (χ1) is 7.31. The van der Waals surface area contributed by atoms with Gasteiger partial charge in [0.1, 0.15) is 0 Å². The van der Waals surface area contributed by atoms with Gasteiger partial charge in [-0.3, -0.25) is 0 Å². The predicted octanol–water partition coefficient (Wildman–Crippen LogP) is 1.02. The van der Waals surface area contributed by atoms with Gasteiger partial charge in [0.15, 0.2) is 11.6 Å². The molecule has 0 saturated carbocycles. The van der Waals surface area contributed by atoms with E-state index in [1.54, 1.807) is 19.5 Å². The van der Waals surface area contributed by atoms with Crippen molar-refractivity contribution in [2.45, 2.75) is 6.61 Å². The maximum absolute atomic E-state index is 5.01. The molecule has 0 amide bonds. The Morgan fingerprint density at radius 3 is 2.87 bits per heavy atom. The predicted molar refractivity (Wildman–Crippen MR) is 54.9 cm³/mol. The first kappa shape index (κ1) is 9.79. The summed E-state index contributed by atoms with van der Waals surface area (Å²) < 4.78 is 6.89. The molecule has 2 rings (SSSR count). The molecule has 5 heteroatoms. The Kier molecular flexibility index (Phi) is 2.73. The highest BCUT2D eigenvalue weighted by molar-refractivity contribution is 5.43. The van der Waals surface area contributed by atoms with Crippen LogP contribution < -0.4 is 0 Å². The number of ether oxygens (including phenoxy) is 1. The monoisotopic (exact) mass is 204 g/mol. The number of aromatic nitrogens is 4. The molecular weight excluding hydrogens is 192 g/mol. The minimum Gasteiger partial charge on any atom is -0.378 e. The zero-order chi connectivity index (χ0) is 10.7. The number of hydrogen-bond donors (Lipinski definition) is 0. The molecule has 2 heterocycles. The van der Waals surface area contributed by atoms with E-state index in [1.165, 1.54) is 0 Å². The molecule has 0 aliphatic carbocycles. The number of nitrogens with zero attached hydrogens (tertiary/aromatic N) is 4. The molecule has 0 radical (unpaired) electrons. The van der Waals surface area contributed by atoms with Crippen LogP contribution in [-0.2, 0) is 18.4 Å². The number of hydrogen-bond acceptors (Lipinski definition) is 4. The zero-order valence-corrected chi connectivity index (χ0v) is 8.71. The average Bonchev–Trinajstić information content (AvgIpc) is 2.65. The van der Waals surface area contributed by atoms with E-state index in [4.69, 9.17) is 4.74 Å². The molecule has 0 spiro atoms. The molecular formula is C10H12N4O. The Balaban J connectivity index is 2.37. The molecule has 0 N–H and O–H groups in total. The average molecular weight is 204 g/mol. The van der Waals surface area contributed by atoms with Gasteiger partial charge in [0.25, 0.3) is 0 Å². The second kappa shape index (κ2) is 4.18. The van der Waals surface area contributed by atoms with Gasteiger partial charge in [0.05, 0.1) is 12.3 Å². The highest BCUT2D eigenvalue weighted by Gasteiger charge is 2.06. The van der Waals surface area contributed by atoms with Crippen molar-refractivity contribution < 1.29 is 4.74 Å². The molecule has 0 atom stereocenters. The molecule has 78 valence electrons. The standard InChI is InChI=1S/C10H12N4O/c1-14-6-5-12-10(14)9-11-4-3-8(13-9)7-15-2/h3-6H,7H2,1-2H3. The first-order valence-corrected chi connectivity index (χ1v) is 4.60. The molecule has 5 nitrogen and oxygen atoms in total. The molecule has 0 aliphatic heterocycles. The fourth-order valence-electron chi connectivity index (χ4n) is 1.31. The van der Waals surface area contributed by atoms with Crippen molar-refractivity contribution in [1.29, 1.82) is 0 Å². The lowest BCUT2D eigenvalue weighted by Crippen LogP contribution is -2.00. The summed E-state index contributed by atoms with van der Waals surface area (Å²) in [5, 5.41) is 0. The van der Waals surface area contributed by atoms with Crippen LogP contribution in [0.3, 0.4) is 0 Å². The van der Waals surface area contributed by atoms with Gasteiger partial charge in [-0.25, -0.2) is 15.0 Å². The van der Waals surface area contributed by atoms with Gasteiger partial charge in [-0.15, -0.1) is 0 Å². The van der Waals surface area contributed by atoms with Crippen molar-refractivity contribution >= 4 is 0 Å². The van der Waals surface area contributed by atoms with Gasteiger partial charge < -0.3 is 9.30 Å². The summed E-state index contributed by atoms with van der Waals surface area (Å²) in [6.07, 6.45) is 5.30. The Bertz CT molecular complexity index is 452. The lowest BCUT2D eigenvalue weighted by Gasteiger charge is -2.02. The van der Waals surface area contributed by atoms with Crippen LogP contribution in [0.4, 0.5) is 0 Å². The van der Waals surface area contributed by atoms with Crippen LogP contribution in [-0.4, -0.2) is 26.6 Å². The highest BCUT2D eigenvalue weighted by atomic mass is 16.5. The Morgan fingerprint density at radius 2 is 2.20 bits per heavy atom. The number of rotatable bonds is 3. The fourth-order valence-corrected chi connectivity index (χ4v) is 1.31. The van der Waals surface area contributed by atoms with Gasteiger partial charge in [-0.1, -0.05) is 0 Å². The van der Waals surface area contributed by atoms with Crippen LogP contribution >= 0.6 is 0 Å². The van der Waals surface area contributed by atoms with Gasteiger partial charge >= 0.3 is 0 Å². The molecule has 2 aromatic rings. The Morgan fingerprint density at radius 1 is 1.33 bits per heavy atom. The third-order valence-electron chi connectivity index (χ3n) is 2.03. The smallest absolute Gasteiger partial charge is 0.196 e. The summed E-state index contributed by atoms with van der Waals surface area (Å²) in [6.45, 7) is 0.486. The second-order valence-electron chi connectivity index (χ2n) is 3.17. The second-order valence-corrected chi connectivity index (χ2v) is 3.17. The quantitative estimate of drug-likeness (QED) is 0.749. The summed E-state index contributed by atoms with van der Waals surface area (Å²) in [4.78, 5) is 12.7. The van der Waals surface area contributed by atoms with E-state index in [2.05, 4.69) is 15.0 Å². The number of methoxy groups -OCH3 is 1. The Hall–Kier alpha value is -1.75.